The molecule has 3 rings (SSSR count). The summed E-state index contributed by atoms with van der Waals surface area (Å²) >= 11 is 0. The minimum absolute atomic E-state index is 0.0339. The molecule has 1 N–H and O–H groups in total. The average molecular weight is 262 g/mol. The van der Waals surface area contributed by atoms with Gasteiger partial charge in [-0.05, 0) is 68.8 Å². The van der Waals surface area contributed by atoms with Crippen molar-refractivity contribution in [3.05, 3.63) is 29.6 Å². The van der Waals surface area contributed by atoms with Crippen LogP contribution in [0.5, 0.6) is 0 Å². The molecular formula is C16H23FN2. The van der Waals surface area contributed by atoms with Crippen LogP contribution in [0, 0.1) is 11.7 Å². The molecule has 2 heterocycles. The molecule has 0 aliphatic carbocycles. The molecule has 0 bridgehead atoms. The highest BCUT2D eigenvalue weighted by atomic mass is 19.1. The molecule has 19 heavy (non-hydrogen) atoms. The van der Waals surface area contributed by atoms with Gasteiger partial charge < -0.3 is 10.2 Å². The maximum atomic E-state index is 14.2. The number of hydrogen-bond acceptors (Lipinski definition) is 2. The molecule has 0 amide bonds. The predicted molar refractivity (Wildman–Crippen MR) is 77.1 cm³/mol. The number of nitrogens with one attached hydrogen (secondary N) is 1. The van der Waals surface area contributed by atoms with E-state index in [0.29, 0.717) is 0 Å². The monoisotopic (exact) mass is 262 g/mol. The molecule has 104 valence electrons. The predicted octanol–water partition coefficient (Wildman–Crippen LogP) is 2.97. The molecule has 2 fully saturated rings. The van der Waals surface area contributed by atoms with Crippen molar-refractivity contribution in [3.8, 4) is 0 Å². The molecule has 3 heteroatoms. The van der Waals surface area contributed by atoms with Crippen LogP contribution in [0.4, 0.5) is 10.1 Å². The van der Waals surface area contributed by atoms with Gasteiger partial charge in [-0.25, -0.2) is 4.39 Å². The van der Waals surface area contributed by atoms with Gasteiger partial charge in [0, 0.05) is 13.1 Å². The Hall–Kier alpha value is -1.09. The molecule has 0 saturated carbocycles. The van der Waals surface area contributed by atoms with Gasteiger partial charge in [0.1, 0.15) is 5.82 Å². The van der Waals surface area contributed by atoms with E-state index in [1.807, 2.05) is 6.07 Å². The maximum Gasteiger partial charge on any atom is 0.146 e. The van der Waals surface area contributed by atoms with Crippen LogP contribution >= 0.6 is 0 Å². The van der Waals surface area contributed by atoms with Crippen LogP contribution in [0.3, 0.4) is 0 Å². The zero-order valence-corrected chi connectivity index (χ0v) is 11.5. The molecule has 1 aromatic carbocycles. The highest BCUT2D eigenvalue weighted by Gasteiger charge is 2.18. The van der Waals surface area contributed by atoms with Gasteiger partial charge in [-0.15, -0.1) is 0 Å². The van der Waals surface area contributed by atoms with E-state index in [2.05, 4.69) is 16.3 Å². The van der Waals surface area contributed by atoms with Gasteiger partial charge in [0.2, 0.25) is 0 Å². The summed E-state index contributed by atoms with van der Waals surface area (Å²) in [5.74, 6) is 0.687. The van der Waals surface area contributed by atoms with Crippen LogP contribution in [0.15, 0.2) is 18.2 Å². The standard InChI is InChI=1S/C16H23FN2/c17-15-12-14(11-13-5-7-18-8-6-13)3-4-16(15)19-9-1-2-10-19/h3-4,12-13,18H,1-2,5-11H2. The highest BCUT2D eigenvalue weighted by Crippen LogP contribution is 2.26. The van der Waals surface area contributed by atoms with Gasteiger partial charge in [-0.1, -0.05) is 6.07 Å². The average Bonchev–Trinajstić information content (AvgIpc) is 2.94. The van der Waals surface area contributed by atoms with Crippen molar-refractivity contribution in [2.45, 2.75) is 32.1 Å². The number of halogens is 1. The summed E-state index contributed by atoms with van der Waals surface area (Å²) in [5.41, 5.74) is 1.96. The van der Waals surface area contributed by atoms with E-state index in [1.165, 1.54) is 25.7 Å². The van der Waals surface area contributed by atoms with Crippen molar-refractivity contribution in [3.63, 3.8) is 0 Å². The second-order valence-corrected chi connectivity index (χ2v) is 5.88. The Labute approximate surface area is 115 Å². The molecule has 0 spiro atoms. The third-order valence-corrected chi connectivity index (χ3v) is 4.44. The van der Waals surface area contributed by atoms with Crippen LogP contribution < -0.4 is 10.2 Å². The van der Waals surface area contributed by atoms with E-state index >= 15 is 0 Å². The highest BCUT2D eigenvalue weighted by molar-refractivity contribution is 5.49. The van der Waals surface area contributed by atoms with Crippen molar-refractivity contribution < 1.29 is 4.39 Å². The van der Waals surface area contributed by atoms with E-state index < -0.39 is 0 Å². The zero-order chi connectivity index (χ0) is 13.1. The van der Waals surface area contributed by atoms with Crippen LogP contribution in [-0.4, -0.2) is 26.2 Å². The van der Waals surface area contributed by atoms with Gasteiger partial charge >= 0.3 is 0 Å². The topological polar surface area (TPSA) is 15.3 Å². The lowest BCUT2D eigenvalue weighted by Gasteiger charge is -2.23. The Morgan fingerprint density at radius 1 is 1.16 bits per heavy atom. The van der Waals surface area contributed by atoms with Gasteiger partial charge in [0.05, 0.1) is 5.69 Å². The molecule has 2 aliphatic heterocycles. The number of nitrogens with zero attached hydrogens (tertiary/aromatic N) is 1. The molecule has 2 aliphatic rings. The Kier molecular flexibility index (Phi) is 4.02. The number of benzene rings is 1. The largest absolute Gasteiger partial charge is 0.369 e. The Bertz CT molecular complexity index is 421. The molecule has 0 atom stereocenters. The van der Waals surface area contributed by atoms with Crippen molar-refractivity contribution in [1.82, 2.24) is 5.32 Å². The summed E-state index contributed by atoms with van der Waals surface area (Å²) in [7, 11) is 0. The fourth-order valence-electron chi connectivity index (χ4n) is 3.31. The fraction of sp³-hybridized carbons (Fsp3) is 0.625. The van der Waals surface area contributed by atoms with Crippen LogP contribution in [0.25, 0.3) is 0 Å². The van der Waals surface area contributed by atoms with E-state index in [9.17, 15) is 4.39 Å². The lowest BCUT2D eigenvalue weighted by Crippen LogP contribution is -2.28. The second-order valence-electron chi connectivity index (χ2n) is 5.88. The summed E-state index contributed by atoms with van der Waals surface area (Å²) in [5, 5.41) is 3.38. The Morgan fingerprint density at radius 3 is 2.58 bits per heavy atom. The van der Waals surface area contributed by atoms with Crippen molar-refractivity contribution in [2.75, 3.05) is 31.1 Å². The first-order valence-electron chi connectivity index (χ1n) is 7.57. The minimum atomic E-state index is -0.0339. The normalized spacial score (nSPS) is 21.0. The first-order chi connectivity index (χ1) is 9.33. The summed E-state index contributed by atoms with van der Waals surface area (Å²) < 4.78 is 14.2. The first-order valence-corrected chi connectivity index (χ1v) is 7.57. The smallest absolute Gasteiger partial charge is 0.146 e. The van der Waals surface area contributed by atoms with Gasteiger partial charge in [-0.3, -0.25) is 0 Å². The van der Waals surface area contributed by atoms with E-state index in [1.54, 1.807) is 6.07 Å². The summed E-state index contributed by atoms with van der Waals surface area (Å²) in [4.78, 5) is 2.17. The van der Waals surface area contributed by atoms with E-state index in [0.717, 1.165) is 49.8 Å². The van der Waals surface area contributed by atoms with Crippen molar-refractivity contribution >= 4 is 5.69 Å². The van der Waals surface area contributed by atoms with Crippen LogP contribution in [0.2, 0.25) is 0 Å². The molecule has 1 aromatic rings. The summed E-state index contributed by atoms with van der Waals surface area (Å²) in [6.07, 6.45) is 5.84. The lowest BCUT2D eigenvalue weighted by molar-refractivity contribution is 0.372. The number of anilines is 1. The van der Waals surface area contributed by atoms with Crippen LogP contribution in [-0.2, 0) is 6.42 Å². The molecule has 0 aromatic heterocycles. The molecule has 2 nitrogen and oxygen atoms in total. The van der Waals surface area contributed by atoms with Gasteiger partial charge in [0.25, 0.3) is 0 Å². The first kappa shape index (κ1) is 12.9. The minimum Gasteiger partial charge on any atom is -0.369 e. The van der Waals surface area contributed by atoms with Crippen molar-refractivity contribution in [2.24, 2.45) is 5.92 Å². The van der Waals surface area contributed by atoms with E-state index in [-0.39, 0.29) is 5.82 Å². The Morgan fingerprint density at radius 2 is 1.89 bits per heavy atom. The molecular weight excluding hydrogens is 239 g/mol. The third-order valence-electron chi connectivity index (χ3n) is 4.44. The number of piperidine rings is 1. The van der Waals surface area contributed by atoms with Gasteiger partial charge in [0.15, 0.2) is 0 Å². The quantitative estimate of drug-likeness (QED) is 0.901. The summed E-state index contributed by atoms with van der Waals surface area (Å²) in [6.45, 7) is 4.23. The number of rotatable bonds is 3. The molecule has 0 radical (unpaired) electrons. The van der Waals surface area contributed by atoms with Crippen molar-refractivity contribution in [1.29, 1.82) is 0 Å². The van der Waals surface area contributed by atoms with E-state index in [4.69, 9.17) is 0 Å². The molecule has 2 saturated heterocycles. The second kappa shape index (κ2) is 5.91. The van der Waals surface area contributed by atoms with Gasteiger partial charge in [-0.2, -0.15) is 0 Å². The SMILES string of the molecule is Fc1cc(CC2CCNCC2)ccc1N1CCCC1. The summed E-state index contributed by atoms with van der Waals surface area (Å²) in [6, 6.07) is 5.87. The lowest BCUT2D eigenvalue weighted by atomic mass is 9.91. The Balaban J connectivity index is 1.67. The number of hydrogen-bond donors (Lipinski definition) is 1. The molecule has 0 unspecified atom stereocenters. The fourth-order valence-corrected chi connectivity index (χ4v) is 3.31. The maximum absolute atomic E-state index is 14.2. The van der Waals surface area contributed by atoms with Crippen LogP contribution in [0.1, 0.15) is 31.2 Å². The zero-order valence-electron chi connectivity index (χ0n) is 11.5. The third kappa shape index (κ3) is 3.08.